The summed E-state index contributed by atoms with van der Waals surface area (Å²) >= 11 is 5.80. The molecular formula is C14H18ClNO3. The van der Waals surface area contributed by atoms with Crippen molar-refractivity contribution in [2.45, 2.75) is 37.7 Å². The first-order chi connectivity index (χ1) is 9.00. The summed E-state index contributed by atoms with van der Waals surface area (Å²) in [5.41, 5.74) is -0.686. The van der Waals surface area contributed by atoms with Gasteiger partial charge in [0, 0.05) is 11.6 Å². The maximum absolute atomic E-state index is 12.0. The quantitative estimate of drug-likeness (QED) is 0.798. The van der Waals surface area contributed by atoms with Gasteiger partial charge in [-0.15, -0.1) is 0 Å². The van der Waals surface area contributed by atoms with E-state index in [0.29, 0.717) is 17.9 Å². The molecule has 0 saturated heterocycles. The lowest BCUT2D eigenvalue weighted by atomic mass is 9.85. The molecule has 1 aromatic rings. The third-order valence-corrected chi connectivity index (χ3v) is 3.80. The fraction of sp³-hybridized carbons (Fsp3) is 0.500. The van der Waals surface area contributed by atoms with Gasteiger partial charge in [-0.25, -0.2) is 0 Å². The average molecular weight is 284 g/mol. The Hall–Kier alpha value is -1.26. The third-order valence-electron chi connectivity index (χ3n) is 3.57. The smallest absolute Gasteiger partial charge is 0.255 e. The van der Waals surface area contributed by atoms with E-state index in [1.165, 1.54) is 18.2 Å². The predicted octanol–water partition coefficient (Wildman–Crippen LogP) is 2.47. The van der Waals surface area contributed by atoms with Gasteiger partial charge in [0.05, 0.1) is 11.2 Å². The van der Waals surface area contributed by atoms with Gasteiger partial charge in [-0.05, 0) is 31.0 Å². The number of rotatable bonds is 3. The van der Waals surface area contributed by atoms with Crippen LogP contribution in [0.25, 0.3) is 0 Å². The molecule has 0 spiro atoms. The molecule has 0 atom stereocenters. The van der Waals surface area contributed by atoms with Gasteiger partial charge in [0.1, 0.15) is 5.75 Å². The monoisotopic (exact) mass is 283 g/mol. The molecule has 0 unspecified atom stereocenters. The number of aliphatic hydroxyl groups is 1. The zero-order valence-corrected chi connectivity index (χ0v) is 11.4. The molecule has 1 aromatic carbocycles. The topological polar surface area (TPSA) is 69.6 Å². The molecule has 1 aliphatic carbocycles. The fourth-order valence-corrected chi connectivity index (χ4v) is 2.59. The van der Waals surface area contributed by atoms with Crippen molar-refractivity contribution in [3.63, 3.8) is 0 Å². The first kappa shape index (κ1) is 14.2. The van der Waals surface area contributed by atoms with Crippen molar-refractivity contribution in [2.24, 2.45) is 0 Å². The van der Waals surface area contributed by atoms with Crippen molar-refractivity contribution in [2.75, 3.05) is 6.54 Å². The Kier molecular flexibility index (Phi) is 4.32. The van der Waals surface area contributed by atoms with Crippen molar-refractivity contribution in [3.05, 3.63) is 28.8 Å². The largest absolute Gasteiger partial charge is 0.507 e. The predicted molar refractivity (Wildman–Crippen MR) is 73.5 cm³/mol. The number of phenolic OH excluding ortho intramolecular Hbond substituents is 1. The lowest BCUT2D eigenvalue weighted by Gasteiger charge is -2.32. The molecular weight excluding hydrogens is 266 g/mol. The molecule has 1 fully saturated rings. The van der Waals surface area contributed by atoms with Crippen LogP contribution in [0.2, 0.25) is 5.02 Å². The van der Waals surface area contributed by atoms with Crippen molar-refractivity contribution >= 4 is 17.5 Å². The van der Waals surface area contributed by atoms with E-state index in [4.69, 9.17) is 11.6 Å². The number of hydrogen-bond donors (Lipinski definition) is 3. The SMILES string of the molecule is O=C(NCC1(O)CCCCC1)c1cc(Cl)ccc1O. The Balaban J connectivity index is 1.99. The number of amides is 1. The molecule has 19 heavy (non-hydrogen) atoms. The summed E-state index contributed by atoms with van der Waals surface area (Å²) in [6, 6.07) is 4.31. The number of aromatic hydroxyl groups is 1. The highest BCUT2D eigenvalue weighted by Crippen LogP contribution is 2.27. The van der Waals surface area contributed by atoms with E-state index < -0.39 is 11.5 Å². The van der Waals surface area contributed by atoms with E-state index in [2.05, 4.69) is 5.32 Å². The summed E-state index contributed by atoms with van der Waals surface area (Å²) in [5.74, 6) is -0.531. The fourth-order valence-electron chi connectivity index (χ4n) is 2.42. The minimum absolute atomic E-state index is 0.113. The van der Waals surface area contributed by atoms with Crippen LogP contribution in [0.3, 0.4) is 0 Å². The van der Waals surface area contributed by atoms with E-state index in [1.54, 1.807) is 0 Å². The maximum Gasteiger partial charge on any atom is 0.255 e. The van der Waals surface area contributed by atoms with Crippen LogP contribution in [0, 0.1) is 0 Å². The Bertz CT molecular complexity index is 470. The Morgan fingerprint density at radius 3 is 2.68 bits per heavy atom. The van der Waals surface area contributed by atoms with Crippen LogP contribution in [-0.2, 0) is 0 Å². The first-order valence-corrected chi connectivity index (χ1v) is 6.87. The average Bonchev–Trinajstić information content (AvgIpc) is 2.40. The minimum atomic E-state index is -0.817. The highest BCUT2D eigenvalue weighted by Gasteiger charge is 2.29. The molecule has 0 aromatic heterocycles. The number of benzene rings is 1. The van der Waals surface area contributed by atoms with E-state index in [9.17, 15) is 15.0 Å². The summed E-state index contributed by atoms with van der Waals surface area (Å²) in [7, 11) is 0. The lowest BCUT2D eigenvalue weighted by molar-refractivity contribution is 0.00523. The van der Waals surface area contributed by atoms with Crippen LogP contribution < -0.4 is 5.32 Å². The second-order valence-corrected chi connectivity index (χ2v) is 5.57. The number of halogens is 1. The van der Waals surface area contributed by atoms with Crippen molar-refractivity contribution in [1.82, 2.24) is 5.32 Å². The molecule has 5 heteroatoms. The van der Waals surface area contributed by atoms with E-state index in [-0.39, 0.29) is 17.9 Å². The van der Waals surface area contributed by atoms with Gasteiger partial charge in [-0.3, -0.25) is 4.79 Å². The Morgan fingerprint density at radius 2 is 2.00 bits per heavy atom. The summed E-state index contributed by atoms with van der Waals surface area (Å²) in [6.45, 7) is 0.206. The van der Waals surface area contributed by atoms with Crippen LogP contribution in [0.5, 0.6) is 5.75 Å². The van der Waals surface area contributed by atoms with Crippen LogP contribution >= 0.6 is 11.6 Å². The zero-order valence-electron chi connectivity index (χ0n) is 10.7. The van der Waals surface area contributed by atoms with E-state index in [0.717, 1.165) is 19.3 Å². The molecule has 1 saturated carbocycles. The van der Waals surface area contributed by atoms with Gasteiger partial charge in [-0.2, -0.15) is 0 Å². The maximum atomic E-state index is 12.0. The van der Waals surface area contributed by atoms with E-state index >= 15 is 0 Å². The highest BCUT2D eigenvalue weighted by molar-refractivity contribution is 6.31. The normalized spacial score (nSPS) is 18.0. The number of carbonyl (C=O) groups is 1. The van der Waals surface area contributed by atoms with Gasteiger partial charge in [-0.1, -0.05) is 30.9 Å². The van der Waals surface area contributed by atoms with Gasteiger partial charge >= 0.3 is 0 Å². The second kappa shape index (κ2) is 5.80. The van der Waals surface area contributed by atoms with Crippen LogP contribution in [0.4, 0.5) is 0 Å². The highest BCUT2D eigenvalue weighted by atomic mass is 35.5. The van der Waals surface area contributed by atoms with Crippen molar-refractivity contribution in [3.8, 4) is 5.75 Å². The van der Waals surface area contributed by atoms with Crippen LogP contribution in [0.15, 0.2) is 18.2 Å². The second-order valence-electron chi connectivity index (χ2n) is 5.13. The third kappa shape index (κ3) is 3.61. The van der Waals surface area contributed by atoms with Crippen LogP contribution in [-0.4, -0.2) is 28.3 Å². The molecule has 2 rings (SSSR count). The molecule has 0 radical (unpaired) electrons. The molecule has 0 aliphatic heterocycles. The molecule has 1 amide bonds. The summed E-state index contributed by atoms with van der Waals surface area (Å²) in [6.07, 6.45) is 4.50. The van der Waals surface area contributed by atoms with Gasteiger partial charge in [0.2, 0.25) is 0 Å². The van der Waals surface area contributed by atoms with Gasteiger partial charge in [0.15, 0.2) is 0 Å². The molecule has 1 aliphatic rings. The molecule has 104 valence electrons. The Morgan fingerprint density at radius 1 is 1.32 bits per heavy atom. The molecule has 4 nitrogen and oxygen atoms in total. The van der Waals surface area contributed by atoms with Crippen molar-refractivity contribution in [1.29, 1.82) is 0 Å². The van der Waals surface area contributed by atoms with Crippen molar-refractivity contribution < 1.29 is 15.0 Å². The first-order valence-electron chi connectivity index (χ1n) is 6.49. The van der Waals surface area contributed by atoms with E-state index in [1.807, 2.05) is 0 Å². The van der Waals surface area contributed by atoms with Gasteiger partial charge < -0.3 is 15.5 Å². The standard InChI is InChI=1S/C14H18ClNO3/c15-10-4-5-12(17)11(8-10)13(18)16-9-14(19)6-2-1-3-7-14/h4-5,8,17,19H,1-3,6-7,9H2,(H,16,18). The number of hydrogen-bond acceptors (Lipinski definition) is 3. The minimum Gasteiger partial charge on any atom is -0.507 e. The Labute approximate surface area is 117 Å². The lowest BCUT2D eigenvalue weighted by Crippen LogP contribution is -2.44. The summed E-state index contributed by atoms with van der Waals surface area (Å²) < 4.78 is 0. The summed E-state index contributed by atoms with van der Waals surface area (Å²) in [4.78, 5) is 12.0. The number of phenols is 1. The zero-order chi connectivity index (χ0) is 13.9. The molecule has 3 N–H and O–H groups in total. The van der Waals surface area contributed by atoms with Crippen LogP contribution in [0.1, 0.15) is 42.5 Å². The number of nitrogens with one attached hydrogen (secondary N) is 1. The number of carbonyl (C=O) groups excluding carboxylic acids is 1. The molecule has 0 heterocycles. The van der Waals surface area contributed by atoms with Gasteiger partial charge in [0.25, 0.3) is 5.91 Å². The molecule has 0 bridgehead atoms. The summed E-state index contributed by atoms with van der Waals surface area (Å²) in [5, 5.41) is 23.0.